The SMILES string of the molecule is Clc1cccc(OCc2cc[c-]cc2)c1.[Zn+][Br]. The van der Waals surface area contributed by atoms with Crippen LogP contribution in [0.15, 0.2) is 48.5 Å². The molecule has 0 unspecified atom stereocenters. The second-order valence-corrected chi connectivity index (χ2v) is 3.59. The minimum atomic E-state index is 0.551. The van der Waals surface area contributed by atoms with E-state index in [1.807, 2.05) is 42.5 Å². The van der Waals surface area contributed by atoms with Gasteiger partial charge in [-0.3, -0.25) is 0 Å². The summed E-state index contributed by atoms with van der Waals surface area (Å²) in [7, 11) is 0. The van der Waals surface area contributed by atoms with E-state index in [4.69, 9.17) is 16.3 Å². The summed E-state index contributed by atoms with van der Waals surface area (Å²) in [5, 5.41) is 0.689. The Balaban J connectivity index is 0.000000686. The first-order valence-electron chi connectivity index (χ1n) is 4.95. The molecule has 2 aromatic rings. The molecule has 0 aliphatic heterocycles. The average molecular weight is 363 g/mol. The zero-order chi connectivity index (χ0) is 12.5. The molecule has 0 atom stereocenters. The monoisotopic (exact) mass is 360 g/mol. The first-order chi connectivity index (χ1) is 8.34. The van der Waals surface area contributed by atoms with E-state index in [1.165, 1.54) is 16.3 Å². The Morgan fingerprint density at radius 2 is 1.88 bits per heavy atom. The zero-order valence-corrected chi connectivity index (χ0v) is 14.5. The Hall–Kier alpha value is -0.367. The summed E-state index contributed by atoms with van der Waals surface area (Å²) in [6, 6.07) is 18.0. The molecule has 0 spiro atoms. The molecule has 0 N–H and O–H groups in total. The first kappa shape index (κ1) is 14.7. The van der Waals surface area contributed by atoms with Crippen LogP contribution >= 0.6 is 25.2 Å². The van der Waals surface area contributed by atoms with E-state index in [9.17, 15) is 0 Å². The van der Waals surface area contributed by atoms with Crippen molar-refractivity contribution in [1.29, 1.82) is 0 Å². The van der Waals surface area contributed by atoms with Crippen molar-refractivity contribution in [3.63, 3.8) is 0 Å². The Bertz CT molecular complexity index is 436. The summed E-state index contributed by atoms with van der Waals surface area (Å²) >= 11 is 10.1. The van der Waals surface area contributed by atoms with E-state index >= 15 is 0 Å². The van der Waals surface area contributed by atoms with Crippen molar-refractivity contribution in [2.24, 2.45) is 0 Å². The van der Waals surface area contributed by atoms with E-state index in [-0.39, 0.29) is 0 Å². The summed E-state index contributed by atoms with van der Waals surface area (Å²) in [6.45, 7) is 0.551. The fourth-order valence-corrected chi connectivity index (χ4v) is 1.42. The predicted molar refractivity (Wildman–Crippen MR) is 70.0 cm³/mol. The molecule has 0 heterocycles. The standard InChI is InChI=1S/C13H10ClO.BrH.Zn/c14-12-7-4-8-13(9-12)15-10-11-5-2-1-3-6-11;;/h2-9H,10H2;1H;/q-1;;+2/p-1. The molecule has 0 aliphatic rings. The third-order valence-corrected chi connectivity index (χ3v) is 2.22. The van der Waals surface area contributed by atoms with Crippen LogP contribution in [0.2, 0.25) is 5.02 Å². The van der Waals surface area contributed by atoms with Crippen LogP contribution in [-0.4, -0.2) is 0 Å². The Kier molecular flexibility index (Phi) is 7.51. The molecule has 0 fully saturated rings. The number of hydrogen-bond donors (Lipinski definition) is 0. The van der Waals surface area contributed by atoms with Crippen molar-refractivity contribution in [2.75, 3.05) is 0 Å². The van der Waals surface area contributed by atoms with Gasteiger partial charge in [0, 0.05) is 5.02 Å². The third kappa shape index (κ3) is 5.67. The van der Waals surface area contributed by atoms with Gasteiger partial charge in [-0.15, -0.1) is 5.56 Å². The van der Waals surface area contributed by atoms with Gasteiger partial charge in [-0.2, -0.15) is 30.3 Å². The molecule has 4 heteroatoms. The van der Waals surface area contributed by atoms with Gasteiger partial charge in [0.05, 0.1) is 6.61 Å². The zero-order valence-electron chi connectivity index (χ0n) is 9.20. The second-order valence-electron chi connectivity index (χ2n) is 3.15. The van der Waals surface area contributed by atoms with Crippen LogP contribution in [-0.2, 0) is 22.9 Å². The molecule has 0 aromatic heterocycles. The number of ether oxygens (including phenoxy) is 1. The minimum absolute atomic E-state index is 0.551. The van der Waals surface area contributed by atoms with Crippen LogP contribution < -0.4 is 4.74 Å². The van der Waals surface area contributed by atoms with Crippen LogP contribution in [0.5, 0.6) is 5.75 Å². The molecule has 2 rings (SSSR count). The van der Waals surface area contributed by atoms with Gasteiger partial charge in [0.15, 0.2) is 0 Å². The summed E-state index contributed by atoms with van der Waals surface area (Å²) in [5.41, 5.74) is 1.12. The molecule has 1 nitrogen and oxygen atoms in total. The molecule has 0 aliphatic carbocycles. The Morgan fingerprint density at radius 1 is 1.18 bits per heavy atom. The summed E-state index contributed by atoms with van der Waals surface area (Å²) in [5.74, 6) is 0.787. The van der Waals surface area contributed by atoms with Gasteiger partial charge in [0.2, 0.25) is 0 Å². The van der Waals surface area contributed by atoms with Crippen LogP contribution in [0.25, 0.3) is 0 Å². The maximum absolute atomic E-state index is 5.84. The number of rotatable bonds is 3. The molecule has 0 radical (unpaired) electrons. The van der Waals surface area contributed by atoms with Crippen molar-refractivity contribution in [1.82, 2.24) is 0 Å². The summed E-state index contributed by atoms with van der Waals surface area (Å²) in [6.07, 6.45) is 0. The average Bonchev–Trinajstić information content (AvgIpc) is 2.40. The third-order valence-electron chi connectivity index (χ3n) is 1.99. The van der Waals surface area contributed by atoms with E-state index in [0.29, 0.717) is 11.6 Å². The Morgan fingerprint density at radius 3 is 2.53 bits per heavy atom. The van der Waals surface area contributed by atoms with Crippen LogP contribution in [0.4, 0.5) is 0 Å². The van der Waals surface area contributed by atoms with E-state index < -0.39 is 0 Å². The molecular weight excluding hydrogens is 353 g/mol. The van der Waals surface area contributed by atoms with Crippen LogP contribution in [0.1, 0.15) is 5.56 Å². The number of benzene rings is 2. The maximum atomic E-state index is 5.84. The fourth-order valence-electron chi connectivity index (χ4n) is 1.24. The van der Waals surface area contributed by atoms with Gasteiger partial charge in [0.25, 0.3) is 0 Å². The number of halogens is 2. The van der Waals surface area contributed by atoms with Crippen molar-refractivity contribution >= 4 is 25.2 Å². The molecule has 84 valence electrons. The molecule has 0 saturated heterocycles. The van der Waals surface area contributed by atoms with Gasteiger partial charge < -0.3 is 4.74 Å². The first-order valence-corrected chi connectivity index (χ1v) is 12.3. The molecule has 0 saturated carbocycles. The topological polar surface area (TPSA) is 9.23 Å². The van der Waals surface area contributed by atoms with Gasteiger partial charge >= 0.3 is 30.0 Å². The van der Waals surface area contributed by atoms with E-state index in [1.54, 1.807) is 6.07 Å². The molecular formula is C13H10BrClOZn. The van der Waals surface area contributed by atoms with Crippen molar-refractivity contribution in [3.05, 3.63) is 65.2 Å². The fraction of sp³-hybridized carbons (Fsp3) is 0.0769. The number of hydrogen-bond acceptors (Lipinski definition) is 1. The quantitative estimate of drug-likeness (QED) is 0.574. The van der Waals surface area contributed by atoms with E-state index in [2.05, 4.69) is 19.7 Å². The molecule has 0 amide bonds. The van der Waals surface area contributed by atoms with Crippen molar-refractivity contribution < 1.29 is 21.1 Å². The van der Waals surface area contributed by atoms with Crippen LogP contribution in [0, 0.1) is 6.07 Å². The van der Waals surface area contributed by atoms with Gasteiger partial charge in [-0.25, -0.2) is 0 Å². The summed E-state index contributed by atoms with van der Waals surface area (Å²) in [4.78, 5) is 0. The van der Waals surface area contributed by atoms with E-state index in [0.717, 1.165) is 11.3 Å². The molecule has 17 heavy (non-hydrogen) atoms. The van der Waals surface area contributed by atoms with Crippen LogP contribution in [0.3, 0.4) is 0 Å². The molecule has 2 aromatic carbocycles. The molecule has 0 bridgehead atoms. The van der Waals surface area contributed by atoms with Gasteiger partial charge in [-0.1, -0.05) is 17.7 Å². The van der Waals surface area contributed by atoms with Crippen molar-refractivity contribution in [2.45, 2.75) is 6.61 Å². The Labute approximate surface area is 123 Å². The summed E-state index contributed by atoms with van der Waals surface area (Å²) < 4.78 is 5.57. The predicted octanol–water partition coefficient (Wildman–Crippen LogP) is 4.56. The van der Waals surface area contributed by atoms with Gasteiger partial charge in [-0.05, 0) is 18.2 Å². The second kappa shape index (κ2) is 8.68. The van der Waals surface area contributed by atoms with Crippen molar-refractivity contribution in [3.8, 4) is 5.75 Å². The normalized spacial score (nSPS) is 9.18. The van der Waals surface area contributed by atoms with Gasteiger partial charge in [0.1, 0.15) is 5.75 Å².